The number of hydrogen-bond donors (Lipinski definition) is 3. The number of ether oxygens (including phenoxy) is 3. The van der Waals surface area contributed by atoms with Crippen molar-refractivity contribution in [2.75, 3.05) is 11.9 Å². The van der Waals surface area contributed by atoms with Crippen molar-refractivity contribution in [3.05, 3.63) is 16.7 Å². The van der Waals surface area contributed by atoms with Gasteiger partial charge in [0.2, 0.25) is 18.0 Å². The molecule has 2 aromatic heterocycles. The van der Waals surface area contributed by atoms with Gasteiger partial charge in [-0.3, -0.25) is 34.0 Å². The minimum atomic E-state index is -1.91. The minimum Gasteiger partial charge on any atom is -0.450 e. The lowest BCUT2D eigenvalue weighted by atomic mass is 10.0. The quantitative estimate of drug-likeness (QED) is 0.510. The first-order valence-corrected chi connectivity index (χ1v) is 9.01. The average Bonchev–Trinajstić information content (AvgIpc) is 3.06. The van der Waals surface area contributed by atoms with Gasteiger partial charge >= 0.3 is 11.9 Å². The molecule has 2 aromatic rings. The van der Waals surface area contributed by atoms with E-state index in [1.54, 1.807) is 13.8 Å². The fraction of sp³-hybridized carbons (Fsp3) is 0.529. The van der Waals surface area contributed by atoms with Gasteiger partial charge in [-0.1, -0.05) is 13.8 Å². The third-order valence-corrected chi connectivity index (χ3v) is 4.31. The summed E-state index contributed by atoms with van der Waals surface area (Å²) in [5.41, 5.74) is -0.652. The van der Waals surface area contributed by atoms with Gasteiger partial charge in [-0.05, 0) is 0 Å². The first-order chi connectivity index (χ1) is 14.1. The predicted molar refractivity (Wildman–Crippen MR) is 98.9 cm³/mol. The van der Waals surface area contributed by atoms with Crippen LogP contribution in [0.15, 0.2) is 11.1 Å². The molecule has 0 spiro atoms. The molecule has 13 heteroatoms. The number of carbonyl (C=O) groups excluding carboxylic acids is 3. The van der Waals surface area contributed by atoms with Gasteiger partial charge < -0.3 is 19.3 Å². The number of amides is 1. The molecule has 3 atom stereocenters. The van der Waals surface area contributed by atoms with E-state index in [0.717, 1.165) is 13.8 Å². The van der Waals surface area contributed by atoms with Crippen LogP contribution in [0.4, 0.5) is 5.95 Å². The lowest BCUT2D eigenvalue weighted by Gasteiger charge is -2.50. The van der Waals surface area contributed by atoms with Crippen LogP contribution in [-0.2, 0) is 28.6 Å². The predicted octanol–water partition coefficient (Wildman–Crippen LogP) is -0.574. The SMILES string of the molecule is CC(=O)O[C@H]1[C@H](n2cnc3c(=O)[nH]c(NC(=O)C(C)C)nc32)O[C@@]1(CO)OC(C)=O. The van der Waals surface area contributed by atoms with Crippen molar-refractivity contribution in [3.8, 4) is 0 Å². The zero-order valence-electron chi connectivity index (χ0n) is 16.7. The number of fused-ring (bicyclic) bond motifs is 1. The Kier molecular flexibility index (Phi) is 5.59. The summed E-state index contributed by atoms with van der Waals surface area (Å²) in [6.07, 6.45) is -1.12. The van der Waals surface area contributed by atoms with Crippen LogP contribution in [0.25, 0.3) is 11.2 Å². The first-order valence-electron chi connectivity index (χ1n) is 9.01. The molecule has 30 heavy (non-hydrogen) atoms. The number of hydrogen-bond acceptors (Lipinski definition) is 10. The van der Waals surface area contributed by atoms with E-state index in [4.69, 9.17) is 14.2 Å². The fourth-order valence-corrected chi connectivity index (χ4v) is 2.93. The molecular weight excluding hydrogens is 402 g/mol. The van der Waals surface area contributed by atoms with Crippen LogP contribution >= 0.6 is 0 Å². The normalized spacial score (nSPS) is 23.1. The van der Waals surface area contributed by atoms with Crippen LogP contribution < -0.4 is 10.9 Å². The molecule has 1 aliphatic rings. The molecule has 1 amide bonds. The maximum Gasteiger partial charge on any atom is 0.305 e. The van der Waals surface area contributed by atoms with E-state index in [2.05, 4.69) is 20.3 Å². The summed E-state index contributed by atoms with van der Waals surface area (Å²) >= 11 is 0. The monoisotopic (exact) mass is 423 g/mol. The van der Waals surface area contributed by atoms with Crippen molar-refractivity contribution < 1.29 is 33.7 Å². The Bertz CT molecular complexity index is 1060. The highest BCUT2D eigenvalue weighted by Crippen LogP contribution is 2.44. The summed E-state index contributed by atoms with van der Waals surface area (Å²) in [5.74, 6) is -4.20. The summed E-state index contributed by atoms with van der Waals surface area (Å²) in [6, 6.07) is 0. The van der Waals surface area contributed by atoms with E-state index < -0.39 is 42.2 Å². The first kappa shape index (κ1) is 21.4. The standard InChI is InChI=1S/C17H21N5O8/c1-7(2)13(26)20-16-19-12-10(14(27)21-16)18-6-22(12)15-11(28-8(3)24)17(5-23,30-15)29-9(4)25/h6-7,11,15,23H,5H2,1-4H3,(H2,19,20,21,26,27)/t11-,15+,17+/m0/s1. The number of nitrogens with zero attached hydrogens (tertiary/aromatic N) is 3. The second-order valence-corrected chi connectivity index (χ2v) is 6.98. The van der Waals surface area contributed by atoms with Crippen LogP contribution in [0, 0.1) is 5.92 Å². The molecule has 1 saturated heterocycles. The third-order valence-electron chi connectivity index (χ3n) is 4.31. The molecule has 1 fully saturated rings. The number of rotatable bonds is 6. The maximum absolute atomic E-state index is 12.3. The molecule has 162 valence electrons. The number of aromatic nitrogens is 4. The molecule has 0 saturated carbocycles. The van der Waals surface area contributed by atoms with Crippen molar-refractivity contribution in [2.24, 2.45) is 5.92 Å². The number of imidazole rings is 1. The van der Waals surface area contributed by atoms with Gasteiger partial charge in [-0.25, -0.2) is 4.98 Å². The number of nitrogens with one attached hydrogen (secondary N) is 2. The second kappa shape index (κ2) is 7.84. The molecule has 3 N–H and O–H groups in total. The van der Waals surface area contributed by atoms with E-state index in [1.807, 2.05) is 0 Å². The summed E-state index contributed by atoms with van der Waals surface area (Å²) in [6.45, 7) is 4.81. The zero-order chi connectivity index (χ0) is 22.2. The third kappa shape index (κ3) is 3.76. The molecule has 3 heterocycles. The Morgan fingerprint density at radius 2 is 2.07 bits per heavy atom. The summed E-state index contributed by atoms with van der Waals surface area (Å²) in [7, 11) is 0. The van der Waals surface area contributed by atoms with E-state index in [0.29, 0.717) is 0 Å². The van der Waals surface area contributed by atoms with Crippen LogP contribution in [0.2, 0.25) is 0 Å². The Balaban J connectivity index is 2.02. The van der Waals surface area contributed by atoms with Crippen LogP contribution in [0.1, 0.15) is 33.9 Å². The number of aliphatic hydroxyl groups is 1. The topological polar surface area (TPSA) is 175 Å². The van der Waals surface area contributed by atoms with E-state index in [-0.39, 0.29) is 28.9 Å². The van der Waals surface area contributed by atoms with E-state index >= 15 is 0 Å². The Morgan fingerprint density at radius 1 is 1.37 bits per heavy atom. The average molecular weight is 423 g/mol. The Morgan fingerprint density at radius 3 is 2.63 bits per heavy atom. The number of aliphatic hydroxyl groups excluding tert-OH is 1. The van der Waals surface area contributed by atoms with E-state index in [9.17, 15) is 24.3 Å². The summed E-state index contributed by atoms with van der Waals surface area (Å²) < 4.78 is 17.1. The maximum atomic E-state index is 12.3. The highest BCUT2D eigenvalue weighted by atomic mass is 16.8. The molecule has 0 bridgehead atoms. The molecule has 13 nitrogen and oxygen atoms in total. The largest absolute Gasteiger partial charge is 0.450 e. The van der Waals surface area contributed by atoms with Gasteiger partial charge in [-0.2, -0.15) is 4.98 Å². The molecule has 0 aliphatic carbocycles. The number of carbonyl (C=O) groups is 3. The molecule has 0 radical (unpaired) electrons. The van der Waals surface area contributed by atoms with Gasteiger partial charge in [0, 0.05) is 19.8 Å². The number of aromatic amines is 1. The van der Waals surface area contributed by atoms with E-state index in [1.165, 1.54) is 10.9 Å². The van der Waals surface area contributed by atoms with Gasteiger partial charge in [0.25, 0.3) is 11.3 Å². The number of anilines is 1. The number of esters is 2. The molecular formula is C17H21N5O8. The molecule has 1 aliphatic heterocycles. The van der Waals surface area contributed by atoms with Crippen molar-refractivity contribution in [2.45, 2.75) is 45.8 Å². The highest BCUT2D eigenvalue weighted by molar-refractivity contribution is 5.91. The van der Waals surface area contributed by atoms with Crippen molar-refractivity contribution in [3.63, 3.8) is 0 Å². The molecule has 0 aromatic carbocycles. The van der Waals surface area contributed by atoms with Crippen LogP contribution in [0.3, 0.4) is 0 Å². The highest BCUT2D eigenvalue weighted by Gasteiger charge is 2.62. The minimum absolute atomic E-state index is 0.0225. The van der Waals surface area contributed by atoms with Crippen molar-refractivity contribution in [1.82, 2.24) is 19.5 Å². The van der Waals surface area contributed by atoms with Crippen LogP contribution in [-0.4, -0.2) is 61.0 Å². The van der Waals surface area contributed by atoms with Crippen molar-refractivity contribution >= 4 is 35.0 Å². The van der Waals surface area contributed by atoms with Gasteiger partial charge in [-0.15, -0.1) is 0 Å². The van der Waals surface area contributed by atoms with Gasteiger partial charge in [0.05, 0.1) is 6.33 Å². The van der Waals surface area contributed by atoms with Crippen molar-refractivity contribution in [1.29, 1.82) is 0 Å². The lowest BCUT2D eigenvalue weighted by Crippen LogP contribution is -2.66. The molecule has 0 unspecified atom stereocenters. The second-order valence-electron chi connectivity index (χ2n) is 6.98. The fourth-order valence-electron chi connectivity index (χ4n) is 2.93. The zero-order valence-corrected chi connectivity index (χ0v) is 16.7. The smallest absolute Gasteiger partial charge is 0.305 e. The lowest BCUT2D eigenvalue weighted by molar-refractivity contribution is -0.412. The molecule has 3 rings (SSSR count). The Hall–Kier alpha value is -3.32. The van der Waals surface area contributed by atoms with Gasteiger partial charge in [0.15, 0.2) is 17.4 Å². The number of H-pyrrole nitrogens is 1. The Labute approximate surface area is 169 Å². The summed E-state index contributed by atoms with van der Waals surface area (Å²) in [5, 5.41) is 12.2. The van der Waals surface area contributed by atoms with Gasteiger partial charge in [0.1, 0.15) is 6.61 Å². The summed E-state index contributed by atoms with van der Waals surface area (Å²) in [4.78, 5) is 57.8. The van der Waals surface area contributed by atoms with Crippen LogP contribution in [0.5, 0.6) is 0 Å².